The highest BCUT2D eigenvalue weighted by Gasteiger charge is 2.34. The molecule has 0 aliphatic carbocycles. The van der Waals surface area contributed by atoms with Gasteiger partial charge in [-0.2, -0.15) is 22.6 Å². The molecule has 6 heterocycles. The molecule has 3 fully saturated rings. The number of anilines is 2. The number of hydrogen-bond acceptors (Lipinski definition) is 11. The van der Waals surface area contributed by atoms with Crippen molar-refractivity contribution in [2.24, 2.45) is 13.0 Å². The molecule has 2 N–H and O–H groups in total. The van der Waals surface area contributed by atoms with Crippen molar-refractivity contribution in [2.75, 3.05) is 49.5 Å². The van der Waals surface area contributed by atoms with Gasteiger partial charge < -0.3 is 10.2 Å². The van der Waals surface area contributed by atoms with Crippen LogP contribution in [0.5, 0.6) is 0 Å². The van der Waals surface area contributed by atoms with Gasteiger partial charge in [-0.15, -0.1) is 5.10 Å². The molecule has 53 heavy (non-hydrogen) atoms. The fraction of sp³-hybridized carbons (Fsp3) is 0.545. The summed E-state index contributed by atoms with van der Waals surface area (Å²) in [4.78, 5) is 35.5. The van der Waals surface area contributed by atoms with Gasteiger partial charge in [0.1, 0.15) is 0 Å². The molecular weight excluding hydrogens is 718 g/mol. The number of benzene rings is 1. The van der Waals surface area contributed by atoms with Crippen LogP contribution in [-0.4, -0.2) is 110 Å². The van der Waals surface area contributed by atoms with Crippen LogP contribution in [0.4, 0.5) is 29.7 Å². The van der Waals surface area contributed by atoms with E-state index in [0.29, 0.717) is 37.7 Å². The Balaban J connectivity index is 0.877. The molecule has 3 amide bonds. The van der Waals surface area contributed by atoms with E-state index in [0.717, 1.165) is 55.8 Å². The zero-order valence-corrected chi connectivity index (χ0v) is 30.1. The van der Waals surface area contributed by atoms with Gasteiger partial charge in [-0.1, -0.05) is 18.2 Å². The van der Waals surface area contributed by atoms with Gasteiger partial charge in [0.05, 0.1) is 17.3 Å². The summed E-state index contributed by atoms with van der Waals surface area (Å²) in [5.41, 5.74) is 1.22. The Hall–Kier alpha value is -4.69. The Kier molecular flexibility index (Phi) is 10.1. The summed E-state index contributed by atoms with van der Waals surface area (Å²) >= 11 is 0. The molecule has 16 nitrogen and oxygen atoms in total. The second-order valence-electron chi connectivity index (χ2n) is 14.1. The van der Waals surface area contributed by atoms with Crippen LogP contribution in [0.3, 0.4) is 0 Å². The highest BCUT2D eigenvalue weighted by atomic mass is 32.2. The Morgan fingerprint density at radius 2 is 1.72 bits per heavy atom. The average molecular weight is 759 g/mol. The Bertz CT molecular complexity index is 2070. The van der Waals surface area contributed by atoms with E-state index >= 15 is 0 Å². The summed E-state index contributed by atoms with van der Waals surface area (Å²) in [6, 6.07) is 5.62. The molecular formula is C33H41F3N12O4S. The topological polar surface area (TPSA) is 176 Å². The third kappa shape index (κ3) is 7.98. The zero-order chi connectivity index (χ0) is 37.5. The predicted octanol–water partition coefficient (Wildman–Crippen LogP) is 3.20. The molecule has 3 saturated heterocycles. The van der Waals surface area contributed by atoms with Crippen molar-refractivity contribution in [3.8, 4) is 0 Å². The number of carbonyl (C=O) groups excluding carboxylic acids is 2. The van der Waals surface area contributed by atoms with E-state index in [1.807, 2.05) is 13.1 Å². The molecule has 3 aliphatic rings. The normalized spacial score (nSPS) is 19.5. The second-order valence-corrected chi connectivity index (χ2v) is 15.9. The highest BCUT2D eigenvalue weighted by Crippen LogP contribution is 2.34. The molecule has 1 unspecified atom stereocenters. The number of aryl methyl sites for hydroxylation is 1. The summed E-state index contributed by atoms with van der Waals surface area (Å²) in [5.74, 6) is 0.886. The summed E-state index contributed by atoms with van der Waals surface area (Å²) in [7, 11) is -2.02. The number of nitrogens with zero attached hydrogens (tertiary/aromatic N) is 10. The SMILES string of the molecule is CC(CN1CCC(c2ccc3c(N4CCC(=O)NC4=O)nn(C)c3c2)CC1)Cn1cc(S(=O)(=O)N2CCC(Nc3ncc(C(F)(F)F)cn3)CC2)nn1. The van der Waals surface area contributed by atoms with Gasteiger partial charge in [0, 0.05) is 70.0 Å². The minimum absolute atomic E-state index is 0.0606. The fourth-order valence-corrected chi connectivity index (χ4v) is 8.68. The van der Waals surface area contributed by atoms with Crippen LogP contribution in [0, 0.1) is 5.92 Å². The van der Waals surface area contributed by atoms with Crippen LogP contribution in [0.1, 0.15) is 56.1 Å². The zero-order valence-electron chi connectivity index (χ0n) is 29.3. The molecule has 0 radical (unpaired) electrons. The number of halogens is 3. The lowest BCUT2D eigenvalue weighted by Gasteiger charge is -2.33. The minimum Gasteiger partial charge on any atom is -0.351 e. The maximum Gasteiger partial charge on any atom is 0.419 e. The van der Waals surface area contributed by atoms with Gasteiger partial charge in [-0.05, 0) is 68.3 Å². The third-order valence-corrected chi connectivity index (χ3v) is 11.9. The number of aromatic nitrogens is 7. The van der Waals surface area contributed by atoms with Crippen LogP contribution in [0.15, 0.2) is 41.8 Å². The molecule has 0 bridgehead atoms. The van der Waals surface area contributed by atoms with Gasteiger partial charge in [0.25, 0.3) is 10.0 Å². The van der Waals surface area contributed by atoms with Gasteiger partial charge in [-0.3, -0.25) is 24.4 Å². The molecule has 7 rings (SSSR count). The van der Waals surface area contributed by atoms with E-state index in [2.05, 4.69) is 60.0 Å². The molecule has 0 spiro atoms. The van der Waals surface area contributed by atoms with E-state index in [1.165, 1.54) is 21.0 Å². The fourth-order valence-electron chi connectivity index (χ4n) is 7.33. The number of alkyl halides is 3. The monoisotopic (exact) mass is 758 g/mol. The van der Waals surface area contributed by atoms with Crippen molar-refractivity contribution < 1.29 is 31.2 Å². The number of urea groups is 1. The first-order valence-electron chi connectivity index (χ1n) is 17.6. The molecule has 20 heteroatoms. The van der Waals surface area contributed by atoms with Crippen LogP contribution in [0.2, 0.25) is 0 Å². The van der Waals surface area contributed by atoms with E-state index < -0.39 is 27.8 Å². The summed E-state index contributed by atoms with van der Waals surface area (Å²) in [5, 5.41) is 18.8. The lowest BCUT2D eigenvalue weighted by molar-refractivity contribution is -0.138. The van der Waals surface area contributed by atoms with Gasteiger partial charge in [-0.25, -0.2) is 23.2 Å². The number of sulfonamides is 1. The molecule has 3 aliphatic heterocycles. The summed E-state index contributed by atoms with van der Waals surface area (Å²) in [6.45, 7) is 5.96. The van der Waals surface area contributed by atoms with Crippen LogP contribution in [0.25, 0.3) is 10.9 Å². The Morgan fingerprint density at radius 3 is 2.40 bits per heavy atom. The van der Waals surface area contributed by atoms with Gasteiger partial charge in [0.2, 0.25) is 16.9 Å². The van der Waals surface area contributed by atoms with Crippen molar-refractivity contribution in [3.63, 3.8) is 0 Å². The molecule has 284 valence electrons. The molecule has 3 aromatic heterocycles. The maximum atomic E-state index is 13.4. The van der Waals surface area contributed by atoms with Crippen molar-refractivity contribution in [2.45, 2.75) is 68.7 Å². The van der Waals surface area contributed by atoms with Crippen LogP contribution >= 0.6 is 0 Å². The molecule has 4 aromatic rings. The van der Waals surface area contributed by atoms with E-state index in [4.69, 9.17) is 0 Å². The molecule has 0 saturated carbocycles. The van der Waals surface area contributed by atoms with Crippen molar-refractivity contribution in [1.29, 1.82) is 0 Å². The smallest absolute Gasteiger partial charge is 0.351 e. The number of piperidine rings is 2. The van der Waals surface area contributed by atoms with Crippen molar-refractivity contribution in [1.82, 2.24) is 49.3 Å². The lowest BCUT2D eigenvalue weighted by atomic mass is 9.88. The Labute approximate surface area is 303 Å². The highest BCUT2D eigenvalue weighted by molar-refractivity contribution is 7.89. The van der Waals surface area contributed by atoms with Gasteiger partial charge >= 0.3 is 12.2 Å². The van der Waals surface area contributed by atoms with Crippen LogP contribution < -0.4 is 15.5 Å². The first-order valence-corrected chi connectivity index (χ1v) is 19.0. The van der Waals surface area contributed by atoms with Crippen molar-refractivity contribution >= 4 is 44.6 Å². The first-order chi connectivity index (χ1) is 25.2. The standard InChI is InChI=1S/C33H41F3N12O4S/c1-21(18-45-10-5-22(6-11-45)23-3-4-26-27(15-23)44(2)42-30(26)48-14-9-28(49)40-32(48)50)19-46-20-29(41-43-46)53(51,52)47-12-7-25(8-13-47)39-31-37-16-24(17-38-31)33(34,35)36/h3-4,15-17,20-22,25H,5-14,18-19H2,1-2H3,(H,37,38,39)(H,40,49,50). The van der Waals surface area contributed by atoms with Crippen molar-refractivity contribution in [3.05, 3.63) is 47.9 Å². The maximum absolute atomic E-state index is 13.4. The third-order valence-electron chi connectivity index (χ3n) is 10.2. The molecule has 1 atom stereocenters. The number of likely N-dealkylation sites (tertiary alicyclic amines) is 1. The quantitative estimate of drug-likeness (QED) is 0.243. The number of carbonyl (C=O) groups is 2. The van der Waals surface area contributed by atoms with Crippen LogP contribution in [-0.2, 0) is 34.6 Å². The average Bonchev–Trinajstić information content (AvgIpc) is 3.73. The number of hydrogen-bond donors (Lipinski definition) is 2. The molecule has 1 aromatic carbocycles. The predicted molar refractivity (Wildman–Crippen MR) is 186 cm³/mol. The Morgan fingerprint density at radius 1 is 1.00 bits per heavy atom. The minimum atomic E-state index is -4.52. The van der Waals surface area contributed by atoms with E-state index in [1.54, 1.807) is 9.36 Å². The number of fused-ring (bicyclic) bond motifs is 1. The summed E-state index contributed by atoms with van der Waals surface area (Å²) < 4.78 is 69.8. The first kappa shape index (κ1) is 36.7. The largest absolute Gasteiger partial charge is 0.419 e. The number of rotatable bonds is 10. The van der Waals surface area contributed by atoms with E-state index in [-0.39, 0.29) is 48.4 Å². The van der Waals surface area contributed by atoms with Gasteiger partial charge in [0.15, 0.2) is 5.82 Å². The number of imide groups is 1. The summed E-state index contributed by atoms with van der Waals surface area (Å²) in [6.07, 6.45) is 1.43. The number of nitrogens with one attached hydrogen (secondary N) is 2. The second kappa shape index (κ2) is 14.6. The number of amides is 3. The lowest BCUT2D eigenvalue weighted by Crippen LogP contribution is -2.49. The van der Waals surface area contributed by atoms with E-state index in [9.17, 15) is 31.2 Å².